The molecule has 3 N–H and O–H groups in total. The van der Waals surface area contributed by atoms with Crippen LogP contribution in [0.2, 0.25) is 0 Å². The Kier molecular flexibility index (Phi) is 13.0. The van der Waals surface area contributed by atoms with Gasteiger partial charge in [-0.25, -0.2) is 8.42 Å². The Hall–Kier alpha value is -0.580. The largest absolute Gasteiger partial charge is 0.355 e. The van der Waals surface area contributed by atoms with E-state index in [0.717, 1.165) is 6.42 Å². The van der Waals surface area contributed by atoms with Crippen LogP contribution in [0.4, 0.5) is 0 Å². The second-order valence-corrected chi connectivity index (χ2v) is 7.00. The van der Waals surface area contributed by atoms with E-state index in [9.17, 15) is 13.2 Å². The number of amides is 1. The van der Waals surface area contributed by atoms with Crippen LogP contribution in [0.5, 0.6) is 0 Å². The van der Waals surface area contributed by atoms with Gasteiger partial charge in [-0.3, -0.25) is 9.79 Å². The molecule has 0 saturated carbocycles. The van der Waals surface area contributed by atoms with E-state index >= 15 is 0 Å². The van der Waals surface area contributed by atoms with Gasteiger partial charge in [-0.15, -0.1) is 24.0 Å². The Balaban J connectivity index is 0. The fourth-order valence-electron chi connectivity index (χ4n) is 1.38. The summed E-state index contributed by atoms with van der Waals surface area (Å²) in [6, 6.07) is -0.0466. The molecule has 1 amide bonds. The third-order valence-electron chi connectivity index (χ3n) is 2.52. The summed E-state index contributed by atoms with van der Waals surface area (Å²) >= 11 is 0. The van der Waals surface area contributed by atoms with E-state index in [-0.39, 0.29) is 48.2 Å². The van der Waals surface area contributed by atoms with Gasteiger partial charge in [0.05, 0.1) is 12.3 Å². The Morgan fingerprint density at radius 1 is 1.29 bits per heavy atom. The number of rotatable bonds is 8. The fourth-order valence-corrected chi connectivity index (χ4v) is 2.16. The van der Waals surface area contributed by atoms with E-state index in [1.807, 2.05) is 13.8 Å². The number of guanidine groups is 1. The molecule has 21 heavy (non-hydrogen) atoms. The highest BCUT2D eigenvalue weighted by molar-refractivity contribution is 14.0. The summed E-state index contributed by atoms with van der Waals surface area (Å²) < 4.78 is 22.2. The molecule has 0 heterocycles. The minimum absolute atomic E-state index is 0. The van der Waals surface area contributed by atoms with Gasteiger partial charge >= 0.3 is 0 Å². The summed E-state index contributed by atoms with van der Waals surface area (Å²) in [7, 11) is -1.36. The molecule has 126 valence electrons. The topological polar surface area (TPSA) is 99.7 Å². The molecule has 9 heteroatoms. The van der Waals surface area contributed by atoms with Crippen molar-refractivity contribution >= 4 is 45.7 Å². The van der Waals surface area contributed by atoms with Gasteiger partial charge in [0, 0.05) is 25.9 Å². The summed E-state index contributed by atoms with van der Waals surface area (Å²) in [5.74, 6) is 0.506. The van der Waals surface area contributed by atoms with Crippen molar-refractivity contribution in [3.8, 4) is 0 Å². The van der Waals surface area contributed by atoms with Gasteiger partial charge < -0.3 is 16.0 Å². The number of aliphatic imine (C=N–C) groups is 1. The highest BCUT2D eigenvalue weighted by Gasteiger charge is 2.10. The Morgan fingerprint density at radius 2 is 1.90 bits per heavy atom. The summed E-state index contributed by atoms with van der Waals surface area (Å²) in [5, 5.41) is 8.68. The van der Waals surface area contributed by atoms with Crippen LogP contribution < -0.4 is 16.0 Å². The number of halogens is 1. The minimum Gasteiger partial charge on any atom is -0.355 e. The summed E-state index contributed by atoms with van der Waals surface area (Å²) in [5.41, 5.74) is 0. The minimum atomic E-state index is -2.96. The smallest absolute Gasteiger partial charge is 0.239 e. The summed E-state index contributed by atoms with van der Waals surface area (Å²) in [6.07, 6.45) is 2.59. The van der Waals surface area contributed by atoms with E-state index in [4.69, 9.17) is 0 Å². The van der Waals surface area contributed by atoms with Crippen molar-refractivity contribution in [3.63, 3.8) is 0 Å². The molecule has 0 aromatic carbocycles. The molecule has 0 fully saturated rings. The van der Waals surface area contributed by atoms with Gasteiger partial charge in [-0.05, 0) is 19.8 Å². The molecule has 0 aliphatic rings. The van der Waals surface area contributed by atoms with Crippen molar-refractivity contribution in [1.29, 1.82) is 0 Å². The average molecular weight is 434 g/mol. The Morgan fingerprint density at radius 3 is 2.38 bits per heavy atom. The zero-order valence-corrected chi connectivity index (χ0v) is 16.2. The van der Waals surface area contributed by atoms with E-state index in [1.165, 1.54) is 6.26 Å². The lowest BCUT2D eigenvalue weighted by atomic mass is 10.3. The zero-order valence-electron chi connectivity index (χ0n) is 13.1. The van der Waals surface area contributed by atoms with Crippen molar-refractivity contribution in [2.45, 2.75) is 32.7 Å². The van der Waals surface area contributed by atoms with Gasteiger partial charge in [-0.2, -0.15) is 0 Å². The van der Waals surface area contributed by atoms with E-state index < -0.39 is 9.84 Å². The number of sulfone groups is 1. The maximum atomic E-state index is 11.4. The molecule has 7 nitrogen and oxygen atoms in total. The van der Waals surface area contributed by atoms with Crippen LogP contribution >= 0.6 is 24.0 Å². The molecule has 0 saturated heterocycles. The Bertz CT molecular complexity index is 426. The maximum Gasteiger partial charge on any atom is 0.239 e. The predicted molar refractivity (Wildman–Crippen MR) is 97.0 cm³/mol. The third kappa shape index (κ3) is 14.1. The molecule has 1 atom stereocenters. The van der Waals surface area contributed by atoms with Crippen LogP contribution in [-0.4, -0.2) is 58.5 Å². The van der Waals surface area contributed by atoms with Gasteiger partial charge in [0.25, 0.3) is 0 Å². The lowest BCUT2D eigenvalue weighted by Gasteiger charge is -2.17. The molecule has 0 radical (unpaired) electrons. The van der Waals surface area contributed by atoms with Crippen LogP contribution in [-0.2, 0) is 14.6 Å². The van der Waals surface area contributed by atoms with Gasteiger partial charge in [0.15, 0.2) is 5.96 Å². The molecule has 0 aliphatic carbocycles. The second-order valence-electron chi connectivity index (χ2n) is 4.74. The molecule has 0 rings (SSSR count). The van der Waals surface area contributed by atoms with E-state index in [0.29, 0.717) is 18.9 Å². The molecule has 0 aromatic heterocycles. The fraction of sp³-hybridized carbons (Fsp3) is 0.833. The van der Waals surface area contributed by atoms with Crippen LogP contribution in [0.25, 0.3) is 0 Å². The monoisotopic (exact) mass is 434 g/mol. The number of carbonyl (C=O) groups is 1. The highest BCUT2D eigenvalue weighted by Crippen LogP contribution is 1.95. The standard InChI is InChI=1S/C12H26N4O3S.HI/c1-5-7-14-11(17)9-15-12(13-3)16-10(2)6-8-20(4,18)19;/h10H,5-9H2,1-4H3,(H,14,17)(H2,13,15,16);1H. The predicted octanol–water partition coefficient (Wildman–Crippen LogP) is 0.119. The first-order valence-electron chi connectivity index (χ1n) is 6.70. The van der Waals surface area contributed by atoms with E-state index in [2.05, 4.69) is 20.9 Å². The first kappa shape index (κ1) is 22.7. The first-order chi connectivity index (χ1) is 9.28. The molecular formula is C12H27IN4O3S. The molecule has 0 aliphatic heterocycles. The number of hydrogen-bond acceptors (Lipinski definition) is 4. The quantitative estimate of drug-likeness (QED) is 0.286. The lowest BCUT2D eigenvalue weighted by molar-refractivity contribution is -0.120. The van der Waals surface area contributed by atoms with Crippen molar-refractivity contribution in [2.75, 3.05) is 32.1 Å². The lowest BCUT2D eigenvalue weighted by Crippen LogP contribution is -2.46. The molecule has 1 unspecified atom stereocenters. The van der Waals surface area contributed by atoms with E-state index in [1.54, 1.807) is 7.05 Å². The molecule has 0 aromatic rings. The van der Waals surface area contributed by atoms with Crippen LogP contribution in [0.15, 0.2) is 4.99 Å². The third-order valence-corrected chi connectivity index (χ3v) is 3.49. The van der Waals surface area contributed by atoms with Gasteiger partial charge in [-0.1, -0.05) is 6.92 Å². The number of nitrogens with one attached hydrogen (secondary N) is 3. The van der Waals surface area contributed by atoms with Crippen LogP contribution in [0, 0.1) is 0 Å². The normalized spacial score (nSPS) is 13.0. The second kappa shape index (κ2) is 12.0. The van der Waals surface area contributed by atoms with Crippen molar-refractivity contribution in [2.24, 2.45) is 4.99 Å². The molecule has 0 spiro atoms. The molecule has 0 bridgehead atoms. The van der Waals surface area contributed by atoms with Gasteiger partial charge in [0.1, 0.15) is 9.84 Å². The SMILES string of the molecule is CCCNC(=O)CNC(=NC)NC(C)CCS(C)(=O)=O.I. The van der Waals surface area contributed by atoms with Crippen LogP contribution in [0.3, 0.4) is 0 Å². The number of hydrogen-bond donors (Lipinski definition) is 3. The average Bonchev–Trinajstić information content (AvgIpc) is 2.37. The zero-order chi connectivity index (χ0) is 15.6. The number of carbonyl (C=O) groups excluding carboxylic acids is 1. The van der Waals surface area contributed by atoms with Gasteiger partial charge in [0.2, 0.25) is 5.91 Å². The van der Waals surface area contributed by atoms with Crippen molar-refractivity contribution < 1.29 is 13.2 Å². The highest BCUT2D eigenvalue weighted by atomic mass is 127. The molecular weight excluding hydrogens is 407 g/mol. The maximum absolute atomic E-state index is 11.4. The Labute approximate surface area is 144 Å². The van der Waals surface area contributed by atoms with Crippen molar-refractivity contribution in [3.05, 3.63) is 0 Å². The summed E-state index contributed by atoms with van der Waals surface area (Å²) in [6.45, 7) is 4.64. The van der Waals surface area contributed by atoms with Crippen LogP contribution in [0.1, 0.15) is 26.7 Å². The van der Waals surface area contributed by atoms with Crippen molar-refractivity contribution in [1.82, 2.24) is 16.0 Å². The first-order valence-corrected chi connectivity index (χ1v) is 8.76. The summed E-state index contributed by atoms with van der Waals surface area (Å²) in [4.78, 5) is 15.4. The number of nitrogens with zero attached hydrogens (tertiary/aromatic N) is 1.